The van der Waals surface area contributed by atoms with Crippen molar-refractivity contribution in [1.82, 2.24) is 0 Å². The van der Waals surface area contributed by atoms with E-state index in [1.165, 1.54) is 6.21 Å². The minimum Gasteiger partial charge on any atom is -0.497 e. The van der Waals surface area contributed by atoms with Gasteiger partial charge in [-0.05, 0) is 42.5 Å². The summed E-state index contributed by atoms with van der Waals surface area (Å²) in [5.74, 6) is 2.68. The average Bonchev–Trinajstić information content (AvgIpc) is 2.60. The first-order chi connectivity index (χ1) is 11.3. The second-order valence-corrected chi connectivity index (χ2v) is 4.53. The van der Waals surface area contributed by atoms with Crippen LogP contribution in [0.2, 0.25) is 0 Å². The third kappa shape index (κ3) is 4.81. The number of oxime groups is 1. The Bertz CT molecular complexity index is 640. The zero-order valence-electron chi connectivity index (χ0n) is 13.1. The Morgan fingerprint density at radius 3 is 2.22 bits per heavy atom. The molecule has 2 aromatic rings. The molecule has 2 rings (SSSR count). The monoisotopic (exact) mass is 317 g/mol. The summed E-state index contributed by atoms with van der Waals surface area (Å²) in [6.45, 7) is 0.732. The third-order valence-electron chi connectivity index (χ3n) is 3.06. The highest BCUT2D eigenvalue weighted by Gasteiger charge is 2.05. The highest BCUT2D eigenvalue weighted by Crippen LogP contribution is 2.27. The molecule has 122 valence electrons. The summed E-state index contributed by atoms with van der Waals surface area (Å²) >= 11 is 0. The van der Waals surface area contributed by atoms with Crippen molar-refractivity contribution < 1.29 is 24.2 Å². The first-order valence-electron chi connectivity index (χ1n) is 7.02. The lowest BCUT2D eigenvalue weighted by Crippen LogP contribution is -2.09. The van der Waals surface area contributed by atoms with Crippen LogP contribution in [0.3, 0.4) is 0 Å². The molecule has 0 saturated heterocycles. The van der Waals surface area contributed by atoms with Crippen LogP contribution in [-0.2, 0) is 0 Å². The summed E-state index contributed by atoms with van der Waals surface area (Å²) in [4.78, 5) is 0. The number of benzene rings is 2. The van der Waals surface area contributed by atoms with Crippen molar-refractivity contribution in [2.75, 3.05) is 27.4 Å². The fourth-order valence-electron chi connectivity index (χ4n) is 1.94. The maximum absolute atomic E-state index is 8.58. The fraction of sp³-hybridized carbons (Fsp3) is 0.235. The van der Waals surface area contributed by atoms with E-state index in [4.69, 9.17) is 24.2 Å². The van der Waals surface area contributed by atoms with E-state index < -0.39 is 0 Å². The quantitative estimate of drug-likeness (QED) is 0.351. The molecule has 0 fully saturated rings. The second kappa shape index (κ2) is 8.53. The van der Waals surface area contributed by atoms with E-state index in [-0.39, 0.29) is 0 Å². The van der Waals surface area contributed by atoms with Gasteiger partial charge < -0.3 is 24.2 Å². The van der Waals surface area contributed by atoms with Crippen LogP contribution in [-0.4, -0.2) is 38.9 Å². The molecule has 0 aliphatic carbocycles. The van der Waals surface area contributed by atoms with Crippen molar-refractivity contribution in [2.24, 2.45) is 5.16 Å². The van der Waals surface area contributed by atoms with Crippen LogP contribution in [0.1, 0.15) is 5.56 Å². The molecule has 0 aliphatic heterocycles. The SMILES string of the molecule is COc1ccc(OCCOc2cc(C=NO)ccc2OC)cc1. The number of rotatable bonds is 8. The van der Waals surface area contributed by atoms with Gasteiger partial charge in [0.2, 0.25) is 0 Å². The summed E-state index contributed by atoms with van der Waals surface area (Å²) in [7, 11) is 3.18. The van der Waals surface area contributed by atoms with Gasteiger partial charge in [0.25, 0.3) is 0 Å². The van der Waals surface area contributed by atoms with Gasteiger partial charge in [0.05, 0.1) is 20.4 Å². The lowest BCUT2D eigenvalue weighted by molar-refractivity contribution is 0.211. The Morgan fingerprint density at radius 1 is 0.870 bits per heavy atom. The largest absolute Gasteiger partial charge is 0.497 e. The Kier molecular flexibility index (Phi) is 6.11. The van der Waals surface area contributed by atoms with E-state index in [0.717, 1.165) is 11.5 Å². The molecule has 0 amide bonds. The number of hydrogen-bond acceptors (Lipinski definition) is 6. The summed E-state index contributed by atoms with van der Waals surface area (Å²) in [6.07, 6.45) is 1.32. The van der Waals surface area contributed by atoms with Gasteiger partial charge in [-0.3, -0.25) is 0 Å². The fourth-order valence-corrected chi connectivity index (χ4v) is 1.94. The molecular weight excluding hydrogens is 298 g/mol. The first-order valence-corrected chi connectivity index (χ1v) is 7.02. The van der Waals surface area contributed by atoms with Gasteiger partial charge in [-0.15, -0.1) is 0 Å². The van der Waals surface area contributed by atoms with Crippen molar-refractivity contribution >= 4 is 6.21 Å². The van der Waals surface area contributed by atoms with Gasteiger partial charge in [0, 0.05) is 5.56 Å². The van der Waals surface area contributed by atoms with E-state index in [0.29, 0.717) is 30.3 Å². The minimum atomic E-state index is 0.349. The van der Waals surface area contributed by atoms with Crippen LogP contribution in [0, 0.1) is 0 Å². The predicted octanol–water partition coefficient (Wildman–Crippen LogP) is 2.97. The summed E-state index contributed by atoms with van der Waals surface area (Å²) in [5.41, 5.74) is 0.708. The van der Waals surface area contributed by atoms with Crippen molar-refractivity contribution in [1.29, 1.82) is 0 Å². The summed E-state index contributed by atoms with van der Waals surface area (Å²) in [6, 6.07) is 12.6. The van der Waals surface area contributed by atoms with Gasteiger partial charge >= 0.3 is 0 Å². The van der Waals surface area contributed by atoms with Crippen LogP contribution < -0.4 is 18.9 Å². The van der Waals surface area contributed by atoms with Crippen LogP contribution >= 0.6 is 0 Å². The molecule has 0 unspecified atom stereocenters. The van der Waals surface area contributed by atoms with Gasteiger partial charge in [-0.2, -0.15) is 0 Å². The molecule has 0 aliphatic rings. The minimum absolute atomic E-state index is 0.349. The molecule has 23 heavy (non-hydrogen) atoms. The Labute approximate surface area is 134 Å². The number of hydrogen-bond donors (Lipinski definition) is 1. The molecular formula is C17H19NO5. The topological polar surface area (TPSA) is 69.5 Å². The number of ether oxygens (including phenoxy) is 4. The lowest BCUT2D eigenvalue weighted by Gasteiger charge is -2.12. The molecule has 6 heteroatoms. The van der Waals surface area contributed by atoms with Crippen LogP contribution in [0.25, 0.3) is 0 Å². The first kappa shape index (κ1) is 16.5. The number of nitrogens with zero attached hydrogens (tertiary/aromatic N) is 1. The molecule has 2 aromatic carbocycles. The molecule has 0 heterocycles. The van der Waals surface area contributed by atoms with E-state index in [1.54, 1.807) is 32.4 Å². The summed E-state index contributed by atoms with van der Waals surface area (Å²) < 4.78 is 21.6. The zero-order valence-corrected chi connectivity index (χ0v) is 13.1. The van der Waals surface area contributed by atoms with Gasteiger partial charge in [-0.25, -0.2) is 0 Å². The molecule has 1 N–H and O–H groups in total. The molecule has 0 aromatic heterocycles. The van der Waals surface area contributed by atoms with Crippen LogP contribution in [0.4, 0.5) is 0 Å². The van der Waals surface area contributed by atoms with E-state index in [2.05, 4.69) is 5.16 Å². The smallest absolute Gasteiger partial charge is 0.161 e. The van der Waals surface area contributed by atoms with Gasteiger partial charge in [-0.1, -0.05) is 5.16 Å². The third-order valence-corrected chi connectivity index (χ3v) is 3.06. The normalized spacial score (nSPS) is 10.5. The number of methoxy groups -OCH3 is 2. The molecule has 0 saturated carbocycles. The van der Waals surface area contributed by atoms with Crippen LogP contribution in [0.5, 0.6) is 23.0 Å². The predicted molar refractivity (Wildman–Crippen MR) is 86.4 cm³/mol. The molecule has 0 atom stereocenters. The molecule has 6 nitrogen and oxygen atoms in total. The van der Waals surface area contributed by atoms with Crippen molar-refractivity contribution in [3.05, 3.63) is 48.0 Å². The highest BCUT2D eigenvalue weighted by molar-refractivity contribution is 5.80. The van der Waals surface area contributed by atoms with Crippen molar-refractivity contribution in [3.8, 4) is 23.0 Å². The standard InChI is InChI=1S/C17H19NO5/c1-20-14-4-6-15(7-5-14)22-9-10-23-17-11-13(12-18-19)3-8-16(17)21-2/h3-8,11-12,19H,9-10H2,1-2H3. The van der Waals surface area contributed by atoms with E-state index in [9.17, 15) is 0 Å². The van der Waals surface area contributed by atoms with Gasteiger partial charge in [0.15, 0.2) is 11.5 Å². The molecule has 0 bridgehead atoms. The van der Waals surface area contributed by atoms with Crippen molar-refractivity contribution in [3.63, 3.8) is 0 Å². The Morgan fingerprint density at radius 2 is 1.57 bits per heavy atom. The van der Waals surface area contributed by atoms with Crippen molar-refractivity contribution in [2.45, 2.75) is 0 Å². The Balaban J connectivity index is 1.88. The zero-order chi connectivity index (χ0) is 16.5. The van der Waals surface area contributed by atoms with Crippen LogP contribution in [0.15, 0.2) is 47.6 Å². The maximum Gasteiger partial charge on any atom is 0.161 e. The highest BCUT2D eigenvalue weighted by atomic mass is 16.5. The van der Waals surface area contributed by atoms with E-state index >= 15 is 0 Å². The lowest BCUT2D eigenvalue weighted by atomic mass is 10.2. The second-order valence-electron chi connectivity index (χ2n) is 4.53. The average molecular weight is 317 g/mol. The Hall–Kier alpha value is -2.89. The maximum atomic E-state index is 8.58. The molecule has 0 spiro atoms. The summed E-state index contributed by atoms with van der Waals surface area (Å²) in [5, 5.41) is 11.6. The van der Waals surface area contributed by atoms with Gasteiger partial charge in [0.1, 0.15) is 24.7 Å². The van der Waals surface area contributed by atoms with E-state index in [1.807, 2.05) is 24.3 Å². The molecule has 0 radical (unpaired) electrons.